The molecule has 0 unspecified atom stereocenters. The van der Waals surface area contributed by atoms with Crippen molar-refractivity contribution in [2.45, 2.75) is 0 Å². The van der Waals surface area contributed by atoms with Crippen LogP contribution in [0.3, 0.4) is 0 Å². The van der Waals surface area contributed by atoms with Gasteiger partial charge in [0, 0.05) is 67.7 Å². The molecule has 0 saturated heterocycles. The summed E-state index contributed by atoms with van der Waals surface area (Å²) in [4.78, 5) is 31.3. The van der Waals surface area contributed by atoms with E-state index < -0.39 is 0 Å². The molecule has 0 amide bonds. The number of hydrogen-bond donors (Lipinski definition) is 0. The predicted molar refractivity (Wildman–Crippen MR) is 380 cm³/mol. The third-order valence-electron chi connectivity index (χ3n) is 17.7. The van der Waals surface area contributed by atoms with Crippen LogP contribution in [0.4, 0.5) is 0 Å². The summed E-state index contributed by atoms with van der Waals surface area (Å²) < 4.78 is 9.26. The van der Waals surface area contributed by atoms with E-state index in [2.05, 4.69) is 260 Å². The number of nitrogens with zero attached hydrogens (tertiary/aromatic N) is 7. The van der Waals surface area contributed by atoms with Crippen LogP contribution in [0.2, 0.25) is 0 Å². The van der Waals surface area contributed by atoms with Gasteiger partial charge >= 0.3 is 0 Å². The lowest BCUT2D eigenvalue weighted by atomic mass is 9.95. The smallest absolute Gasteiger partial charge is 0.164 e. The van der Waals surface area contributed by atoms with Gasteiger partial charge in [-0.2, -0.15) is 0 Å². The van der Waals surface area contributed by atoms with E-state index in [4.69, 9.17) is 34.3 Å². The van der Waals surface area contributed by atoms with Crippen molar-refractivity contribution in [2.24, 2.45) is 7.05 Å². The maximum absolute atomic E-state index is 6.91. The van der Waals surface area contributed by atoms with E-state index in [1.165, 1.54) is 0 Å². The first-order valence-corrected chi connectivity index (χ1v) is 31.2. The molecule has 0 aliphatic heterocycles. The van der Waals surface area contributed by atoms with Crippen LogP contribution in [-0.2, 0) is 7.05 Å². The summed E-state index contributed by atoms with van der Waals surface area (Å²) in [6.07, 6.45) is 0. The lowest BCUT2D eigenvalue weighted by Gasteiger charge is -2.13. The number of aryl methyl sites for hydroxylation is 1. The Kier molecular flexibility index (Phi) is 13.6. The van der Waals surface area contributed by atoms with Crippen LogP contribution in [-0.4, -0.2) is 34.5 Å². The minimum Gasteiger partial charge on any atom is -0.455 e. The molecule has 8 heteroatoms. The lowest BCUT2D eigenvalue weighted by molar-refractivity contribution is 0.673. The summed E-state index contributed by atoms with van der Waals surface area (Å²) in [6.45, 7) is 0. The second-order valence-corrected chi connectivity index (χ2v) is 23.4. The van der Waals surface area contributed by atoms with E-state index in [1.54, 1.807) is 0 Å². The van der Waals surface area contributed by atoms with E-state index in [0.29, 0.717) is 34.9 Å². The predicted octanol–water partition coefficient (Wildman–Crippen LogP) is 21.6. The van der Waals surface area contributed by atoms with Crippen molar-refractivity contribution in [3.63, 3.8) is 0 Å². The van der Waals surface area contributed by atoms with Crippen molar-refractivity contribution < 1.29 is 4.42 Å². The summed E-state index contributed by atoms with van der Waals surface area (Å²) >= 11 is 0. The molecule has 436 valence electrons. The van der Waals surface area contributed by atoms with E-state index in [9.17, 15) is 0 Å². The van der Waals surface area contributed by atoms with Gasteiger partial charge in [-0.15, -0.1) is 0 Å². The molecule has 0 saturated carbocycles. The Hall–Kier alpha value is -12.5. The summed E-state index contributed by atoms with van der Waals surface area (Å²) in [7, 11) is 2.18. The van der Waals surface area contributed by atoms with E-state index >= 15 is 0 Å². The molecule has 13 aromatic carbocycles. The third-order valence-corrected chi connectivity index (χ3v) is 17.7. The summed E-state index contributed by atoms with van der Waals surface area (Å²) in [5.74, 6) is 3.55. The molecule has 0 fully saturated rings. The molecule has 0 atom stereocenters. The average molecular weight is 1190 g/mol. The molecule has 0 aliphatic rings. The maximum atomic E-state index is 6.91. The quantitative estimate of drug-likeness (QED) is 0.120. The molecular formula is C85H55N7O. The van der Waals surface area contributed by atoms with Crippen LogP contribution in [0, 0.1) is 0 Å². The topological polar surface area (TPSA) is 95.4 Å². The molecule has 17 rings (SSSR count). The highest BCUT2D eigenvalue weighted by atomic mass is 16.3. The highest BCUT2D eigenvalue weighted by Gasteiger charge is 2.24. The van der Waals surface area contributed by atoms with Crippen LogP contribution in [0.25, 0.3) is 179 Å². The Bertz CT molecular complexity index is 5530. The third kappa shape index (κ3) is 10.2. The molecule has 93 heavy (non-hydrogen) atoms. The number of para-hydroxylation sites is 2. The first-order valence-electron chi connectivity index (χ1n) is 31.2. The van der Waals surface area contributed by atoms with Gasteiger partial charge in [-0.05, 0) is 104 Å². The Morgan fingerprint density at radius 2 is 0.538 bits per heavy atom. The molecule has 0 radical (unpaired) electrons. The van der Waals surface area contributed by atoms with Gasteiger partial charge in [0.2, 0.25) is 0 Å². The molecule has 0 aliphatic carbocycles. The molecule has 4 aromatic heterocycles. The van der Waals surface area contributed by atoms with Gasteiger partial charge in [-0.3, -0.25) is 0 Å². The maximum Gasteiger partial charge on any atom is 0.164 e. The molecule has 17 aromatic rings. The highest BCUT2D eigenvalue weighted by Crippen LogP contribution is 2.47. The zero-order valence-corrected chi connectivity index (χ0v) is 50.6. The van der Waals surface area contributed by atoms with Crippen molar-refractivity contribution >= 4 is 43.7 Å². The zero-order chi connectivity index (χ0) is 61.8. The largest absolute Gasteiger partial charge is 0.455 e. The van der Waals surface area contributed by atoms with Gasteiger partial charge in [-0.1, -0.05) is 267 Å². The van der Waals surface area contributed by atoms with Crippen LogP contribution in [0.5, 0.6) is 0 Å². The Labute approximate surface area is 537 Å². The molecular weight excluding hydrogens is 1130 g/mol. The van der Waals surface area contributed by atoms with Crippen LogP contribution in [0.15, 0.2) is 320 Å². The van der Waals surface area contributed by atoms with Crippen molar-refractivity contribution in [3.05, 3.63) is 315 Å². The van der Waals surface area contributed by atoms with Gasteiger partial charge in [-0.25, -0.2) is 29.9 Å². The molecule has 0 spiro atoms. The minimum atomic E-state index is 0.581. The second kappa shape index (κ2) is 23.1. The van der Waals surface area contributed by atoms with Crippen LogP contribution < -0.4 is 0 Å². The van der Waals surface area contributed by atoms with E-state index in [1.807, 2.05) is 66.7 Å². The monoisotopic (exact) mass is 1190 g/mol. The number of rotatable bonds is 12. The van der Waals surface area contributed by atoms with Gasteiger partial charge in [0.15, 0.2) is 34.9 Å². The standard InChI is InChI=1S/C85H55N7O/c1-92-77-70(58-39-43-62(44-40-58)82-86-80(60-31-16-6-17-32-60)88-84(90-82)68-49-64(54-23-8-2-9-24-54)47-65(50-68)55-25-10-3-11-26-55)36-22-37-72(77)76-78(92)73(53-74-71-35-20-21-38-75(71)93-79(74)76)59-41-45-63(46-42-59)83-87-81(61-33-18-7-19-34-61)89-85(91-83)69-51-66(56-27-12-4-13-28-56)48-67(52-69)57-29-14-5-15-30-57/h2-53H,1H3. The number of furan rings is 1. The minimum absolute atomic E-state index is 0.581. The van der Waals surface area contributed by atoms with Crippen LogP contribution in [0.1, 0.15) is 0 Å². The normalized spacial score (nSPS) is 11.5. The van der Waals surface area contributed by atoms with Gasteiger partial charge < -0.3 is 8.98 Å². The first kappa shape index (κ1) is 54.6. The van der Waals surface area contributed by atoms with E-state index in [0.717, 1.165) is 144 Å². The second-order valence-electron chi connectivity index (χ2n) is 23.4. The first-order chi connectivity index (χ1) is 46.0. The number of benzene rings is 13. The zero-order valence-electron chi connectivity index (χ0n) is 50.6. The Morgan fingerprint density at radius 3 is 0.946 bits per heavy atom. The molecule has 8 nitrogen and oxygen atoms in total. The SMILES string of the molecule is Cn1c2c(-c3ccc(-c4nc(-c5ccccc5)nc(-c5cc(-c6ccccc6)cc(-c6ccccc6)c5)n4)cc3)cccc2c2c3oc4ccccc4c3cc(-c3ccc(-c4nc(-c5ccccc5)nc(-c5cc(-c6ccccc6)cc(-c6ccccc6)c5)n4)cc3)c21. The van der Waals surface area contributed by atoms with Crippen molar-refractivity contribution in [2.75, 3.05) is 0 Å². The molecule has 0 N–H and O–H groups in total. The van der Waals surface area contributed by atoms with E-state index in [-0.39, 0.29) is 0 Å². The van der Waals surface area contributed by atoms with Crippen molar-refractivity contribution in [3.8, 4) is 135 Å². The number of aromatic nitrogens is 7. The summed E-state index contributed by atoms with van der Waals surface area (Å²) in [6, 6.07) is 110. The fourth-order valence-corrected chi connectivity index (χ4v) is 13.1. The lowest BCUT2D eigenvalue weighted by Crippen LogP contribution is -2.00. The fraction of sp³-hybridized carbons (Fsp3) is 0.0118. The van der Waals surface area contributed by atoms with Crippen molar-refractivity contribution in [1.29, 1.82) is 0 Å². The fourth-order valence-electron chi connectivity index (χ4n) is 13.1. The van der Waals surface area contributed by atoms with Crippen molar-refractivity contribution in [1.82, 2.24) is 34.5 Å². The number of fused-ring (bicyclic) bond motifs is 7. The summed E-state index contributed by atoms with van der Waals surface area (Å²) in [5.41, 5.74) is 22.2. The van der Waals surface area contributed by atoms with Crippen LogP contribution >= 0.6 is 0 Å². The molecule has 0 bridgehead atoms. The van der Waals surface area contributed by atoms with Gasteiger partial charge in [0.05, 0.1) is 16.4 Å². The Balaban J connectivity index is 0.780. The average Bonchev–Trinajstić information content (AvgIpc) is 1.56. The van der Waals surface area contributed by atoms with Gasteiger partial charge in [0.1, 0.15) is 11.2 Å². The molecule has 4 heterocycles. The number of hydrogen-bond acceptors (Lipinski definition) is 7. The summed E-state index contributed by atoms with van der Waals surface area (Å²) in [5, 5.41) is 4.26. The Morgan fingerprint density at radius 1 is 0.226 bits per heavy atom. The highest BCUT2D eigenvalue weighted by molar-refractivity contribution is 6.28. The van der Waals surface area contributed by atoms with Gasteiger partial charge in [0.25, 0.3) is 0 Å².